The first-order valence-corrected chi connectivity index (χ1v) is 11.6. The number of carbonyl (C=O) groups is 3. The van der Waals surface area contributed by atoms with Gasteiger partial charge in [-0.25, -0.2) is 4.79 Å². The maximum atomic E-state index is 13.0. The summed E-state index contributed by atoms with van der Waals surface area (Å²) in [7, 11) is 0. The fourth-order valence-electron chi connectivity index (χ4n) is 3.51. The number of aromatic nitrogens is 1. The maximum Gasteiger partial charge on any atom is 0.329 e. The Hall–Kier alpha value is -3.42. The van der Waals surface area contributed by atoms with Gasteiger partial charge < -0.3 is 15.0 Å². The first kappa shape index (κ1) is 23.7. The first-order valence-electron chi connectivity index (χ1n) is 10.5. The van der Waals surface area contributed by atoms with Crippen LogP contribution in [0.2, 0.25) is 5.02 Å². The van der Waals surface area contributed by atoms with Gasteiger partial charge in [-0.2, -0.15) is 0 Å². The van der Waals surface area contributed by atoms with Gasteiger partial charge in [-0.3, -0.25) is 9.59 Å². The van der Waals surface area contributed by atoms with Crippen LogP contribution in [0, 0.1) is 0 Å². The van der Waals surface area contributed by atoms with Gasteiger partial charge in [0.15, 0.2) is 12.4 Å². The van der Waals surface area contributed by atoms with Crippen molar-refractivity contribution in [2.24, 2.45) is 0 Å². The van der Waals surface area contributed by atoms with Crippen LogP contribution in [0.5, 0.6) is 0 Å². The number of aromatic amines is 1. The molecule has 34 heavy (non-hydrogen) atoms. The molecule has 4 aromatic rings. The summed E-state index contributed by atoms with van der Waals surface area (Å²) in [6.07, 6.45) is 1.99. The summed E-state index contributed by atoms with van der Waals surface area (Å²) in [6.45, 7) is -0.429. The van der Waals surface area contributed by atoms with E-state index in [9.17, 15) is 14.4 Å². The van der Waals surface area contributed by atoms with Gasteiger partial charge in [0, 0.05) is 44.1 Å². The molecule has 0 aliphatic carbocycles. The fourth-order valence-corrected chi connectivity index (χ4v) is 3.90. The number of esters is 1. The molecule has 0 saturated carbocycles. The second-order valence-electron chi connectivity index (χ2n) is 7.63. The van der Waals surface area contributed by atoms with Crippen molar-refractivity contribution in [3.05, 3.63) is 105 Å². The Labute approximate surface area is 209 Å². The van der Waals surface area contributed by atoms with E-state index in [1.165, 1.54) is 0 Å². The molecule has 0 bridgehead atoms. The predicted octanol–water partition coefficient (Wildman–Crippen LogP) is 5.35. The zero-order valence-electron chi connectivity index (χ0n) is 17.9. The number of hydrogen-bond acceptors (Lipinski definition) is 4. The molecular formula is C26H20BrClN2O4. The molecule has 1 aromatic heterocycles. The van der Waals surface area contributed by atoms with Gasteiger partial charge in [0.05, 0.1) is 0 Å². The summed E-state index contributed by atoms with van der Waals surface area (Å²) in [5.41, 5.74) is 2.54. The van der Waals surface area contributed by atoms with Crippen LogP contribution < -0.4 is 5.32 Å². The molecule has 1 atom stereocenters. The molecule has 0 saturated heterocycles. The molecular weight excluding hydrogens is 520 g/mol. The lowest BCUT2D eigenvalue weighted by atomic mass is 10.0. The van der Waals surface area contributed by atoms with Crippen LogP contribution in [0.3, 0.4) is 0 Å². The normalized spacial score (nSPS) is 11.7. The monoisotopic (exact) mass is 538 g/mol. The van der Waals surface area contributed by atoms with Crippen molar-refractivity contribution < 1.29 is 19.1 Å². The average molecular weight is 540 g/mol. The largest absolute Gasteiger partial charge is 0.456 e. The molecule has 1 heterocycles. The molecule has 0 fully saturated rings. The Bertz CT molecular complexity index is 1330. The summed E-state index contributed by atoms with van der Waals surface area (Å²) in [5, 5.41) is 4.17. The van der Waals surface area contributed by atoms with E-state index in [-0.39, 0.29) is 12.2 Å². The van der Waals surface area contributed by atoms with Crippen molar-refractivity contribution >= 4 is 56.1 Å². The Morgan fingerprint density at radius 2 is 1.62 bits per heavy atom. The van der Waals surface area contributed by atoms with E-state index in [1.54, 1.807) is 54.7 Å². The minimum absolute atomic E-state index is 0.189. The highest BCUT2D eigenvalue weighted by Crippen LogP contribution is 2.20. The van der Waals surface area contributed by atoms with Gasteiger partial charge in [-0.15, -0.1) is 0 Å². The number of carbonyl (C=O) groups excluding carboxylic acids is 3. The molecule has 0 aliphatic heterocycles. The zero-order chi connectivity index (χ0) is 24.1. The highest BCUT2D eigenvalue weighted by atomic mass is 79.9. The molecule has 8 heteroatoms. The topological polar surface area (TPSA) is 88.3 Å². The van der Waals surface area contributed by atoms with Crippen LogP contribution in [0.1, 0.15) is 26.3 Å². The van der Waals surface area contributed by atoms with Gasteiger partial charge in [0.1, 0.15) is 6.04 Å². The second-order valence-corrected chi connectivity index (χ2v) is 8.99. The number of Topliss-reactive ketones (excluding diaryl/α,β-unsaturated/α-hetero) is 1. The van der Waals surface area contributed by atoms with Crippen molar-refractivity contribution in [2.75, 3.05) is 6.61 Å². The smallest absolute Gasteiger partial charge is 0.329 e. The molecule has 6 nitrogen and oxygen atoms in total. The van der Waals surface area contributed by atoms with Crippen LogP contribution in [-0.4, -0.2) is 35.3 Å². The maximum absolute atomic E-state index is 13.0. The van der Waals surface area contributed by atoms with Crippen LogP contribution in [0.4, 0.5) is 0 Å². The number of benzene rings is 3. The number of nitrogens with one attached hydrogen (secondary N) is 2. The molecule has 172 valence electrons. The third kappa shape index (κ3) is 5.73. The number of ether oxygens (including phenoxy) is 1. The Balaban J connectivity index is 1.51. The van der Waals surface area contributed by atoms with E-state index in [1.807, 2.05) is 24.3 Å². The number of rotatable bonds is 8. The third-order valence-corrected chi connectivity index (χ3v) is 6.09. The summed E-state index contributed by atoms with van der Waals surface area (Å²) in [5.74, 6) is -1.48. The molecule has 0 radical (unpaired) electrons. The minimum Gasteiger partial charge on any atom is -0.456 e. The number of halogens is 2. The predicted molar refractivity (Wildman–Crippen MR) is 134 cm³/mol. The zero-order valence-corrected chi connectivity index (χ0v) is 20.2. The minimum atomic E-state index is -1.000. The number of amides is 1. The molecule has 3 aromatic carbocycles. The quantitative estimate of drug-likeness (QED) is 0.233. The SMILES string of the molecule is O=C(COC(=O)[C@@H](Cc1c[nH]c2ccccc12)NC(=O)c1ccc(Cl)cc1)c1ccc(Br)cc1. The lowest BCUT2D eigenvalue weighted by molar-refractivity contribution is -0.144. The summed E-state index contributed by atoms with van der Waals surface area (Å²) in [6, 6.07) is 19.8. The molecule has 0 unspecified atom stereocenters. The van der Waals surface area contributed by atoms with E-state index in [4.69, 9.17) is 16.3 Å². The summed E-state index contributed by atoms with van der Waals surface area (Å²) < 4.78 is 6.16. The lowest BCUT2D eigenvalue weighted by Gasteiger charge is -2.17. The standard InChI is InChI=1S/C26H20BrClN2O4/c27-19-9-5-16(6-10-19)24(31)15-34-26(33)23(30-25(32)17-7-11-20(28)12-8-17)13-18-14-29-22-4-2-1-3-21(18)22/h1-12,14,23,29H,13,15H2,(H,30,32)/t23-/m1/s1. The van der Waals surface area contributed by atoms with Crippen molar-refractivity contribution in [3.63, 3.8) is 0 Å². The van der Waals surface area contributed by atoms with Crippen molar-refractivity contribution in [3.8, 4) is 0 Å². The van der Waals surface area contributed by atoms with E-state index in [2.05, 4.69) is 26.2 Å². The molecule has 2 N–H and O–H groups in total. The molecule has 0 spiro atoms. The lowest BCUT2D eigenvalue weighted by Crippen LogP contribution is -2.43. The van der Waals surface area contributed by atoms with E-state index >= 15 is 0 Å². The van der Waals surface area contributed by atoms with E-state index in [0.29, 0.717) is 16.1 Å². The van der Waals surface area contributed by atoms with Gasteiger partial charge in [0.2, 0.25) is 0 Å². The fraction of sp³-hybridized carbons (Fsp3) is 0.115. The van der Waals surface area contributed by atoms with Gasteiger partial charge >= 0.3 is 5.97 Å². The van der Waals surface area contributed by atoms with Gasteiger partial charge in [0.25, 0.3) is 5.91 Å². The highest BCUT2D eigenvalue weighted by molar-refractivity contribution is 9.10. The number of hydrogen-bond donors (Lipinski definition) is 2. The van der Waals surface area contributed by atoms with Crippen molar-refractivity contribution in [1.29, 1.82) is 0 Å². The second kappa shape index (κ2) is 10.7. The Morgan fingerprint density at radius 3 is 2.35 bits per heavy atom. The van der Waals surface area contributed by atoms with Crippen molar-refractivity contribution in [1.82, 2.24) is 10.3 Å². The van der Waals surface area contributed by atoms with Crippen LogP contribution in [-0.2, 0) is 16.0 Å². The van der Waals surface area contributed by atoms with Crippen LogP contribution in [0.25, 0.3) is 10.9 Å². The number of H-pyrrole nitrogens is 1. The Morgan fingerprint density at radius 1 is 0.941 bits per heavy atom. The molecule has 0 aliphatic rings. The molecule has 1 amide bonds. The van der Waals surface area contributed by atoms with Gasteiger partial charge in [-0.05, 0) is 48.0 Å². The first-order chi connectivity index (χ1) is 16.4. The van der Waals surface area contributed by atoms with Crippen LogP contribution in [0.15, 0.2) is 83.5 Å². The van der Waals surface area contributed by atoms with Crippen molar-refractivity contribution in [2.45, 2.75) is 12.5 Å². The average Bonchev–Trinajstić information content (AvgIpc) is 3.25. The summed E-state index contributed by atoms with van der Waals surface area (Å²) >= 11 is 9.23. The van der Waals surface area contributed by atoms with E-state index in [0.717, 1.165) is 20.9 Å². The third-order valence-electron chi connectivity index (χ3n) is 5.31. The number of fused-ring (bicyclic) bond motifs is 1. The Kier molecular flexibility index (Phi) is 7.45. The summed E-state index contributed by atoms with van der Waals surface area (Å²) in [4.78, 5) is 41.4. The van der Waals surface area contributed by atoms with Gasteiger partial charge in [-0.1, -0.05) is 57.9 Å². The van der Waals surface area contributed by atoms with E-state index < -0.39 is 24.5 Å². The number of para-hydroxylation sites is 1. The van der Waals surface area contributed by atoms with Crippen LogP contribution >= 0.6 is 27.5 Å². The number of ketones is 1. The highest BCUT2D eigenvalue weighted by Gasteiger charge is 2.25. The molecule has 4 rings (SSSR count).